The van der Waals surface area contributed by atoms with Crippen LogP contribution in [0.1, 0.15) is 26.5 Å². The van der Waals surface area contributed by atoms with Crippen LogP contribution in [0.2, 0.25) is 0 Å². The molecule has 2 aromatic heterocycles. The van der Waals surface area contributed by atoms with Crippen LogP contribution in [-0.4, -0.2) is 27.9 Å². The summed E-state index contributed by atoms with van der Waals surface area (Å²) in [5, 5.41) is 2.87. The summed E-state index contributed by atoms with van der Waals surface area (Å²) in [6.07, 6.45) is 4.63. The highest BCUT2D eigenvalue weighted by Crippen LogP contribution is 2.17. The number of nitrogens with zero attached hydrogens (tertiary/aromatic N) is 2. The molecule has 0 saturated heterocycles. The minimum Gasteiger partial charge on any atom is -0.354 e. The maximum absolute atomic E-state index is 11.9. The van der Waals surface area contributed by atoms with E-state index in [0.717, 1.165) is 11.3 Å². The lowest BCUT2D eigenvalue weighted by atomic mass is 9.87. The first-order chi connectivity index (χ1) is 9.38. The van der Waals surface area contributed by atoms with Gasteiger partial charge in [-0.05, 0) is 17.5 Å². The Bertz CT molecular complexity index is 574. The van der Waals surface area contributed by atoms with E-state index in [4.69, 9.17) is 5.73 Å². The van der Waals surface area contributed by atoms with E-state index in [1.165, 1.54) is 0 Å². The van der Waals surface area contributed by atoms with Crippen LogP contribution in [0.4, 0.5) is 0 Å². The van der Waals surface area contributed by atoms with Gasteiger partial charge in [-0.25, -0.2) is 4.98 Å². The quantitative estimate of drug-likeness (QED) is 0.891. The molecule has 7 heteroatoms. The van der Waals surface area contributed by atoms with E-state index >= 15 is 0 Å². The number of nitrogens with two attached hydrogens (primary N) is 1. The summed E-state index contributed by atoms with van der Waals surface area (Å²) in [7, 11) is 0. The molecule has 0 aromatic carbocycles. The summed E-state index contributed by atoms with van der Waals surface area (Å²) in [5.41, 5.74) is 7.55. The molecule has 0 aliphatic carbocycles. The van der Waals surface area contributed by atoms with Gasteiger partial charge in [-0.2, -0.15) is 0 Å². The van der Waals surface area contributed by atoms with Gasteiger partial charge in [0.15, 0.2) is 0 Å². The zero-order valence-electron chi connectivity index (χ0n) is 13.1. The number of nitrogens with one attached hydrogen (secondary N) is 1. The van der Waals surface area contributed by atoms with Crippen LogP contribution in [0.25, 0.3) is 5.65 Å². The Balaban J connectivity index is 0.00000220. The summed E-state index contributed by atoms with van der Waals surface area (Å²) in [6, 6.07) is 5.37. The number of hydrogen-bond acceptors (Lipinski definition) is 3. The predicted octanol–water partition coefficient (Wildman–Crippen LogP) is 2.21. The Kier molecular flexibility index (Phi) is 7.87. The van der Waals surface area contributed by atoms with Crippen molar-refractivity contribution in [3.8, 4) is 0 Å². The molecule has 0 saturated carbocycles. The molecule has 0 spiro atoms. The van der Waals surface area contributed by atoms with Crippen molar-refractivity contribution in [3.05, 3.63) is 36.3 Å². The average Bonchev–Trinajstić information content (AvgIpc) is 2.79. The number of amides is 1. The first-order valence-electron chi connectivity index (χ1n) is 6.84. The van der Waals surface area contributed by atoms with Crippen molar-refractivity contribution < 1.29 is 4.79 Å². The molecule has 1 amide bonds. The van der Waals surface area contributed by atoms with Gasteiger partial charge in [-0.1, -0.05) is 26.8 Å². The summed E-state index contributed by atoms with van der Waals surface area (Å²) < 4.78 is 1.97. The maximum Gasteiger partial charge on any atom is 0.237 e. The molecule has 1 atom stereocenters. The van der Waals surface area contributed by atoms with Crippen LogP contribution < -0.4 is 11.1 Å². The molecule has 2 heterocycles. The standard InChI is InChI=1S/C15H22N4O.2ClH/c1-15(2,3)13(16)14(20)17-8-7-11-10-19-9-5-4-6-12(19)18-11;;/h4-6,9-10,13H,7-8,16H2,1-3H3,(H,17,20);2*1H/t13-;;/m1../s1. The van der Waals surface area contributed by atoms with E-state index in [0.29, 0.717) is 13.0 Å². The molecule has 0 fully saturated rings. The topological polar surface area (TPSA) is 72.4 Å². The fourth-order valence-corrected chi connectivity index (χ4v) is 1.92. The second-order valence-electron chi connectivity index (χ2n) is 6.08. The van der Waals surface area contributed by atoms with Gasteiger partial charge in [0.2, 0.25) is 5.91 Å². The minimum absolute atomic E-state index is 0. The van der Waals surface area contributed by atoms with Crippen LogP contribution in [0.5, 0.6) is 0 Å². The molecule has 2 aromatic rings. The first-order valence-corrected chi connectivity index (χ1v) is 6.84. The summed E-state index contributed by atoms with van der Waals surface area (Å²) in [4.78, 5) is 16.4. The molecule has 2 rings (SSSR count). The van der Waals surface area contributed by atoms with E-state index in [1.54, 1.807) is 0 Å². The summed E-state index contributed by atoms with van der Waals surface area (Å²) in [6.45, 7) is 6.42. The number of carbonyl (C=O) groups is 1. The Labute approximate surface area is 143 Å². The molecule has 124 valence electrons. The zero-order valence-corrected chi connectivity index (χ0v) is 14.7. The molecule has 0 aliphatic heterocycles. The number of carbonyl (C=O) groups excluding carboxylic acids is 1. The number of fused-ring (bicyclic) bond motifs is 1. The van der Waals surface area contributed by atoms with Crippen LogP contribution >= 0.6 is 24.8 Å². The lowest BCUT2D eigenvalue weighted by Gasteiger charge is -2.25. The summed E-state index contributed by atoms with van der Waals surface area (Å²) >= 11 is 0. The van der Waals surface area contributed by atoms with Gasteiger partial charge in [0.25, 0.3) is 0 Å². The van der Waals surface area contributed by atoms with E-state index in [1.807, 2.05) is 55.8 Å². The third kappa shape index (κ3) is 5.16. The molecular formula is C15H24Cl2N4O. The predicted molar refractivity (Wildman–Crippen MR) is 93.8 cm³/mol. The highest BCUT2D eigenvalue weighted by atomic mass is 35.5. The average molecular weight is 347 g/mol. The third-order valence-electron chi connectivity index (χ3n) is 3.31. The van der Waals surface area contributed by atoms with Crippen LogP contribution in [-0.2, 0) is 11.2 Å². The fourth-order valence-electron chi connectivity index (χ4n) is 1.92. The Hall–Kier alpha value is -1.30. The van der Waals surface area contributed by atoms with Gasteiger partial charge in [0, 0.05) is 25.4 Å². The Morgan fingerprint density at radius 2 is 2.05 bits per heavy atom. The van der Waals surface area contributed by atoms with Crippen molar-refractivity contribution in [2.75, 3.05) is 6.54 Å². The van der Waals surface area contributed by atoms with Gasteiger partial charge in [0.1, 0.15) is 5.65 Å². The van der Waals surface area contributed by atoms with Gasteiger partial charge in [-0.3, -0.25) is 4.79 Å². The normalized spacial score (nSPS) is 12.2. The molecule has 22 heavy (non-hydrogen) atoms. The molecule has 0 bridgehead atoms. The number of imidazole rings is 1. The van der Waals surface area contributed by atoms with Gasteiger partial charge in [0.05, 0.1) is 11.7 Å². The van der Waals surface area contributed by atoms with Crippen LogP contribution in [0.3, 0.4) is 0 Å². The zero-order chi connectivity index (χ0) is 14.8. The van der Waals surface area contributed by atoms with Gasteiger partial charge >= 0.3 is 0 Å². The van der Waals surface area contributed by atoms with Crippen molar-refractivity contribution in [1.82, 2.24) is 14.7 Å². The SMILES string of the molecule is CC(C)(C)[C@H](N)C(=O)NCCc1cn2ccccc2n1.Cl.Cl. The van der Waals surface area contributed by atoms with Crippen molar-refractivity contribution in [1.29, 1.82) is 0 Å². The minimum atomic E-state index is -0.497. The smallest absolute Gasteiger partial charge is 0.237 e. The van der Waals surface area contributed by atoms with Crippen LogP contribution in [0, 0.1) is 5.41 Å². The van der Waals surface area contributed by atoms with Gasteiger partial charge < -0.3 is 15.5 Å². The number of halogens is 2. The molecule has 3 N–H and O–H groups in total. The monoisotopic (exact) mass is 346 g/mol. The highest BCUT2D eigenvalue weighted by molar-refractivity contribution is 5.85. The van der Waals surface area contributed by atoms with Crippen molar-refractivity contribution in [3.63, 3.8) is 0 Å². The third-order valence-corrected chi connectivity index (χ3v) is 3.31. The van der Waals surface area contributed by atoms with Crippen molar-refractivity contribution >= 4 is 36.4 Å². The van der Waals surface area contributed by atoms with E-state index in [-0.39, 0.29) is 36.1 Å². The van der Waals surface area contributed by atoms with E-state index in [9.17, 15) is 4.79 Å². The van der Waals surface area contributed by atoms with Crippen molar-refractivity contribution in [2.45, 2.75) is 33.2 Å². The van der Waals surface area contributed by atoms with Crippen LogP contribution in [0.15, 0.2) is 30.6 Å². The lowest BCUT2D eigenvalue weighted by molar-refractivity contribution is -0.124. The van der Waals surface area contributed by atoms with E-state index in [2.05, 4.69) is 10.3 Å². The number of rotatable bonds is 4. The second-order valence-corrected chi connectivity index (χ2v) is 6.08. The van der Waals surface area contributed by atoms with E-state index < -0.39 is 6.04 Å². The Morgan fingerprint density at radius 3 is 2.64 bits per heavy atom. The molecule has 5 nitrogen and oxygen atoms in total. The molecule has 0 radical (unpaired) electrons. The fraction of sp³-hybridized carbons (Fsp3) is 0.467. The van der Waals surface area contributed by atoms with Crippen molar-refractivity contribution in [2.24, 2.45) is 11.1 Å². The molecule has 0 aliphatic rings. The molecule has 0 unspecified atom stereocenters. The number of pyridine rings is 1. The highest BCUT2D eigenvalue weighted by Gasteiger charge is 2.26. The molecular weight excluding hydrogens is 323 g/mol. The van der Waals surface area contributed by atoms with Gasteiger partial charge in [-0.15, -0.1) is 24.8 Å². The lowest BCUT2D eigenvalue weighted by Crippen LogP contribution is -2.49. The first kappa shape index (κ1) is 20.7. The Morgan fingerprint density at radius 1 is 1.36 bits per heavy atom. The maximum atomic E-state index is 11.9. The number of hydrogen-bond donors (Lipinski definition) is 2. The summed E-state index contributed by atoms with van der Waals surface area (Å²) in [5.74, 6) is -0.110. The second kappa shape index (κ2) is 8.36. The number of aromatic nitrogens is 2. The largest absolute Gasteiger partial charge is 0.354 e.